The van der Waals surface area contributed by atoms with Gasteiger partial charge in [-0.25, -0.2) is 0 Å². The number of hydrogen-bond donors (Lipinski definition) is 0. The van der Waals surface area contributed by atoms with Crippen molar-refractivity contribution in [1.82, 2.24) is 9.78 Å². The molecule has 0 spiro atoms. The molecule has 1 aromatic heterocycles. The lowest BCUT2D eigenvalue weighted by molar-refractivity contribution is 0.285. The van der Waals surface area contributed by atoms with Gasteiger partial charge in [0.25, 0.3) is 0 Å². The van der Waals surface area contributed by atoms with E-state index in [9.17, 15) is 0 Å². The van der Waals surface area contributed by atoms with Crippen LogP contribution in [0.4, 0.5) is 0 Å². The van der Waals surface area contributed by atoms with Gasteiger partial charge in [-0.1, -0.05) is 6.42 Å². The van der Waals surface area contributed by atoms with Crippen molar-refractivity contribution in [2.75, 3.05) is 0 Å². The molecule has 1 aromatic rings. The van der Waals surface area contributed by atoms with E-state index in [1.807, 2.05) is 0 Å². The summed E-state index contributed by atoms with van der Waals surface area (Å²) in [5.41, 5.74) is 0. The Labute approximate surface area is 112 Å². The highest BCUT2D eigenvalue weighted by Crippen LogP contribution is 2.48. The van der Waals surface area contributed by atoms with Crippen LogP contribution in [0, 0.1) is 21.5 Å². The number of nitrogens with zero attached hydrogens (tertiary/aromatic N) is 2. The van der Waals surface area contributed by atoms with Crippen molar-refractivity contribution in [3.8, 4) is 0 Å². The predicted molar refractivity (Wildman–Crippen MR) is 71.6 cm³/mol. The Kier molecular flexibility index (Phi) is 2.83. The molecule has 1 heterocycles. The maximum Gasteiger partial charge on any atom is 0.137 e. The molecule has 3 atom stereocenters. The predicted octanol–water partition coefficient (Wildman–Crippen LogP) is 3.69. The second kappa shape index (κ2) is 4.02. The Morgan fingerprint density at radius 2 is 2.33 bits per heavy atom. The number of aromatic nitrogens is 2. The number of fused-ring (bicyclic) bond motifs is 2. The highest BCUT2D eigenvalue weighted by atomic mass is 127. The molecular weight excluding hydrogens is 367 g/mol. The molecule has 2 aliphatic carbocycles. The third-order valence-corrected chi connectivity index (χ3v) is 6.10. The van der Waals surface area contributed by atoms with Crippen LogP contribution >= 0.6 is 38.5 Å². The van der Waals surface area contributed by atoms with Gasteiger partial charge in [0.1, 0.15) is 3.70 Å². The van der Waals surface area contributed by atoms with Gasteiger partial charge in [-0.05, 0) is 75.5 Å². The fourth-order valence-electron chi connectivity index (χ4n) is 3.31. The van der Waals surface area contributed by atoms with Gasteiger partial charge in [0.2, 0.25) is 0 Å². The maximum atomic E-state index is 4.51. The molecule has 3 unspecified atom stereocenters. The minimum Gasteiger partial charge on any atom is -0.270 e. The molecule has 0 saturated heterocycles. The van der Waals surface area contributed by atoms with Crippen molar-refractivity contribution in [3.63, 3.8) is 0 Å². The molecule has 2 nitrogen and oxygen atoms in total. The molecule has 0 amide bonds. The molecule has 4 heteroatoms. The molecule has 2 saturated carbocycles. The SMILES string of the molecule is Brc1cn(CC2CC3CCC2C3)nc1I. The van der Waals surface area contributed by atoms with E-state index in [2.05, 4.69) is 54.5 Å². The van der Waals surface area contributed by atoms with Gasteiger partial charge < -0.3 is 0 Å². The van der Waals surface area contributed by atoms with Crippen molar-refractivity contribution in [2.45, 2.75) is 32.2 Å². The smallest absolute Gasteiger partial charge is 0.137 e. The van der Waals surface area contributed by atoms with Crippen LogP contribution in [0.1, 0.15) is 25.7 Å². The lowest BCUT2D eigenvalue weighted by Gasteiger charge is -2.21. The minimum atomic E-state index is 0.895. The third kappa shape index (κ3) is 1.99. The van der Waals surface area contributed by atoms with Crippen LogP contribution < -0.4 is 0 Å². The Morgan fingerprint density at radius 1 is 1.47 bits per heavy atom. The van der Waals surface area contributed by atoms with Crippen molar-refractivity contribution in [3.05, 3.63) is 14.4 Å². The van der Waals surface area contributed by atoms with E-state index in [0.29, 0.717) is 0 Å². The summed E-state index contributed by atoms with van der Waals surface area (Å²) in [5.74, 6) is 2.93. The number of halogens is 2. The zero-order valence-corrected chi connectivity index (χ0v) is 12.2. The van der Waals surface area contributed by atoms with Gasteiger partial charge in [-0.15, -0.1) is 0 Å². The normalized spacial score (nSPS) is 33.9. The zero-order valence-electron chi connectivity index (χ0n) is 8.50. The number of hydrogen-bond acceptors (Lipinski definition) is 1. The average molecular weight is 381 g/mol. The van der Waals surface area contributed by atoms with E-state index in [1.54, 1.807) is 0 Å². The summed E-state index contributed by atoms with van der Waals surface area (Å²) >= 11 is 5.79. The molecule has 2 aliphatic rings. The summed E-state index contributed by atoms with van der Waals surface area (Å²) in [6, 6.07) is 0. The highest BCUT2D eigenvalue weighted by Gasteiger charge is 2.39. The van der Waals surface area contributed by atoms with Crippen molar-refractivity contribution < 1.29 is 0 Å². The van der Waals surface area contributed by atoms with E-state index >= 15 is 0 Å². The molecule has 0 N–H and O–H groups in total. The van der Waals surface area contributed by atoms with Gasteiger partial charge >= 0.3 is 0 Å². The lowest BCUT2D eigenvalue weighted by Crippen LogP contribution is -2.17. The van der Waals surface area contributed by atoms with Gasteiger partial charge in [0, 0.05) is 12.7 Å². The van der Waals surface area contributed by atoms with E-state index in [0.717, 1.165) is 32.5 Å². The van der Waals surface area contributed by atoms with Crippen LogP contribution in [0.3, 0.4) is 0 Å². The zero-order chi connectivity index (χ0) is 10.4. The first-order chi connectivity index (χ1) is 7.22. The first-order valence-corrected chi connectivity index (χ1v) is 7.48. The second-order valence-corrected chi connectivity index (χ2v) is 6.80. The van der Waals surface area contributed by atoms with Gasteiger partial charge in [-0.3, -0.25) is 4.68 Å². The molecular formula is C11H14BrIN2. The molecule has 2 bridgehead atoms. The fraction of sp³-hybridized carbons (Fsp3) is 0.727. The summed E-state index contributed by atoms with van der Waals surface area (Å²) < 4.78 is 4.33. The first kappa shape index (κ1) is 10.6. The van der Waals surface area contributed by atoms with E-state index in [1.165, 1.54) is 25.7 Å². The van der Waals surface area contributed by atoms with Crippen LogP contribution in [-0.2, 0) is 6.54 Å². The van der Waals surface area contributed by atoms with E-state index < -0.39 is 0 Å². The third-order valence-electron chi connectivity index (χ3n) is 3.98. The number of rotatable bonds is 2. The molecule has 0 aromatic carbocycles. The molecule has 15 heavy (non-hydrogen) atoms. The fourth-order valence-corrected chi connectivity index (χ4v) is 4.04. The Hall–Kier alpha value is 0.420. The van der Waals surface area contributed by atoms with Gasteiger partial charge in [0.15, 0.2) is 0 Å². The van der Waals surface area contributed by atoms with Crippen LogP contribution in [0.25, 0.3) is 0 Å². The summed E-state index contributed by atoms with van der Waals surface area (Å²) in [6.45, 7) is 1.13. The van der Waals surface area contributed by atoms with Gasteiger partial charge in [-0.2, -0.15) is 5.10 Å². The molecule has 2 fully saturated rings. The molecule has 0 radical (unpaired) electrons. The standard InChI is InChI=1S/C11H14BrIN2/c12-10-6-15(14-11(10)13)5-9-4-7-1-2-8(9)3-7/h6-9H,1-5H2. The van der Waals surface area contributed by atoms with E-state index in [4.69, 9.17) is 0 Å². The Balaban J connectivity index is 1.70. The lowest BCUT2D eigenvalue weighted by atomic mass is 9.89. The Bertz CT molecular complexity index is 357. The van der Waals surface area contributed by atoms with E-state index in [-0.39, 0.29) is 0 Å². The molecule has 82 valence electrons. The second-order valence-electron chi connectivity index (χ2n) is 4.92. The van der Waals surface area contributed by atoms with Crippen molar-refractivity contribution >= 4 is 38.5 Å². The van der Waals surface area contributed by atoms with Crippen LogP contribution in [0.5, 0.6) is 0 Å². The van der Waals surface area contributed by atoms with Crippen molar-refractivity contribution in [2.24, 2.45) is 17.8 Å². The summed E-state index contributed by atoms with van der Waals surface area (Å²) in [5, 5.41) is 4.51. The van der Waals surface area contributed by atoms with Crippen molar-refractivity contribution in [1.29, 1.82) is 0 Å². The topological polar surface area (TPSA) is 17.8 Å². The largest absolute Gasteiger partial charge is 0.270 e. The monoisotopic (exact) mass is 380 g/mol. The first-order valence-electron chi connectivity index (χ1n) is 5.61. The van der Waals surface area contributed by atoms with Crippen LogP contribution in [0.15, 0.2) is 10.7 Å². The Morgan fingerprint density at radius 3 is 2.87 bits per heavy atom. The average Bonchev–Trinajstić information content (AvgIpc) is 2.84. The highest BCUT2D eigenvalue weighted by molar-refractivity contribution is 14.1. The maximum absolute atomic E-state index is 4.51. The van der Waals surface area contributed by atoms with Gasteiger partial charge in [0.05, 0.1) is 4.47 Å². The van der Waals surface area contributed by atoms with Crippen LogP contribution in [-0.4, -0.2) is 9.78 Å². The minimum absolute atomic E-state index is 0.895. The van der Waals surface area contributed by atoms with Crippen LogP contribution in [0.2, 0.25) is 0 Å². The quantitative estimate of drug-likeness (QED) is 0.715. The summed E-state index contributed by atoms with van der Waals surface area (Å²) in [6.07, 6.45) is 8.01. The summed E-state index contributed by atoms with van der Waals surface area (Å²) in [4.78, 5) is 0. The molecule has 3 rings (SSSR count). The summed E-state index contributed by atoms with van der Waals surface area (Å²) in [7, 11) is 0. The molecule has 0 aliphatic heterocycles.